The monoisotopic (exact) mass is 436 g/mol. The van der Waals surface area contributed by atoms with Crippen LogP contribution in [0.3, 0.4) is 0 Å². The third-order valence-corrected chi connectivity index (χ3v) is 4.08. The van der Waals surface area contributed by atoms with Crippen molar-refractivity contribution in [3.05, 3.63) is 69.3 Å². The van der Waals surface area contributed by atoms with Gasteiger partial charge in [0.25, 0.3) is 11.6 Å². The van der Waals surface area contributed by atoms with Gasteiger partial charge in [-0.05, 0) is 36.6 Å². The highest BCUT2D eigenvalue weighted by atomic mass is 19.4. The summed E-state index contributed by atoms with van der Waals surface area (Å²) < 4.78 is 77.8. The maximum absolute atomic E-state index is 13.0. The number of halogens is 6. The molecular weight excluding hydrogens is 422 g/mol. The van der Waals surface area contributed by atoms with Gasteiger partial charge in [0.1, 0.15) is 11.7 Å². The molecule has 0 saturated heterocycles. The molecule has 2 aromatic rings. The van der Waals surface area contributed by atoms with Crippen LogP contribution >= 0.6 is 0 Å². The topological polar surface area (TPSA) is 92.5 Å². The summed E-state index contributed by atoms with van der Waals surface area (Å²) in [5.74, 6) is -1.17. The lowest BCUT2D eigenvalue weighted by atomic mass is 10.0. The van der Waals surface area contributed by atoms with Crippen molar-refractivity contribution in [2.45, 2.75) is 31.3 Å². The Morgan fingerprint density at radius 2 is 1.63 bits per heavy atom. The molecule has 2 N–H and O–H groups in total. The summed E-state index contributed by atoms with van der Waals surface area (Å²) >= 11 is 0. The summed E-state index contributed by atoms with van der Waals surface area (Å²) in [5.41, 5.74) is -4.37. The highest BCUT2D eigenvalue weighted by Crippen LogP contribution is 2.37. The Bertz CT molecular complexity index is 943. The van der Waals surface area contributed by atoms with Crippen LogP contribution in [0.25, 0.3) is 0 Å². The van der Waals surface area contributed by atoms with Gasteiger partial charge < -0.3 is 10.4 Å². The Labute approximate surface area is 165 Å². The standard InChI is InChI=1S/C18H14F6N2O4/c19-17(20,21)12-4-2-1-3-10(12)5-8-15(27)16(28)25-11-6-7-14(26(29)30)13(9-11)18(22,23)24/h1-4,6-7,9,15,27H,5,8H2,(H,25,28). The van der Waals surface area contributed by atoms with Crippen LogP contribution in [-0.2, 0) is 23.6 Å². The van der Waals surface area contributed by atoms with Crippen LogP contribution in [0.5, 0.6) is 0 Å². The zero-order valence-corrected chi connectivity index (χ0v) is 14.9. The molecule has 1 atom stereocenters. The molecule has 2 rings (SSSR count). The Kier molecular flexibility index (Phi) is 6.70. The van der Waals surface area contributed by atoms with Crippen LogP contribution in [0.4, 0.5) is 37.7 Å². The van der Waals surface area contributed by atoms with Crippen molar-refractivity contribution in [2.24, 2.45) is 0 Å². The molecule has 0 aliphatic carbocycles. The van der Waals surface area contributed by atoms with E-state index in [1.807, 2.05) is 5.32 Å². The number of anilines is 1. The fourth-order valence-electron chi connectivity index (χ4n) is 2.66. The Morgan fingerprint density at radius 1 is 1.03 bits per heavy atom. The highest BCUT2D eigenvalue weighted by Gasteiger charge is 2.38. The quantitative estimate of drug-likeness (QED) is 0.394. The number of alkyl halides is 6. The molecule has 0 fully saturated rings. The van der Waals surface area contributed by atoms with E-state index in [1.54, 1.807) is 0 Å². The van der Waals surface area contributed by atoms with Crippen LogP contribution in [0.15, 0.2) is 42.5 Å². The van der Waals surface area contributed by atoms with Gasteiger partial charge >= 0.3 is 12.4 Å². The summed E-state index contributed by atoms with van der Waals surface area (Å²) in [6.45, 7) is 0. The molecule has 1 amide bonds. The molecule has 6 nitrogen and oxygen atoms in total. The minimum atomic E-state index is -5.07. The Balaban J connectivity index is 2.11. The van der Waals surface area contributed by atoms with E-state index >= 15 is 0 Å². The van der Waals surface area contributed by atoms with Crippen LogP contribution in [0.2, 0.25) is 0 Å². The molecule has 2 aromatic carbocycles. The number of nitrogens with zero attached hydrogens (tertiary/aromatic N) is 1. The van der Waals surface area contributed by atoms with Crippen molar-refractivity contribution in [1.82, 2.24) is 0 Å². The zero-order chi connectivity index (χ0) is 22.7. The molecule has 0 aliphatic rings. The van der Waals surface area contributed by atoms with Crippen molar-refractivity contribution in [3.8, 4) is 0 Å². The largest absolute Gasteiger partial charge is 0.423 e. The highest BCUT2D eigenvalue weighted by molar-refractivity contribution is 5.94. The smallest absolute Gasteiger partial charge is 0.383 e. The van der Waals surface area contributed by atoms with E-state index in [2.05, 4.69) is 0 Å². The second-order valence-electron chi connectivity index (χ2n) is 6.19. The number of aryl methyl sites for hydroxylation is 1. The number of carbonyl (C=O) groups excluding carboxylic acids is 1. The van der Waals surface area contributed by atoms with Crippen molar-refractivity contribution in [1.29, 1.82) is 0 Å². The molecule has 0 spiro atoms. The predicted octanol–water partition coefficient (Wildman–Crippen LogP) is 4.56. The van der Waals surface area contributed by atoms with Crippen LogP contribution in [0, 0.1) is 10.1 Å². The first-order valence-corrected chi connectivity index (χ1v) is 8.30. The number of nitro benzene ring substituents is 1. The molecule has 0 saturated carbocycles. The molecule has 1 unspecified atom stereocenters. The molecule has 30 heavy (non-hydrogen) atoms. The number of hydrogen-bond acceptors (Lipinski definition) is 4. The summed E-state index contributed by atoms with van der Waals surface area (Å²) in [5, 5.41) is 22.6. The van der Waals surface area contributed by atoms with Crippen molar-refractivity contribution < 1.29 is 41.2 Å². The minimum Gasteiger partial charge on any atom is -0.383 e. The molecule has 0 aliphatic heterocycles. The van der Waals surface area contributed by atoms with E-state index < -0.39 is 58.2 Å². The van der Waals surface area contributed by atoms with E-state index in [4.69, 9.17) is 0 Å². The number of amides is 1. The number of benzene rings is 2. The van der Waals surface area contributed by atoms with E-state index in [0.717, 1.165) is 12.1 Å². The van der Waals surface area contributed by atoms with Crippen molar-refractivity contribution in [3.63, 3.8) is 0 Å². The number of rotatable bonds is 6. The van der Waals surface area contributed by atoms with Gasteiger partial charge in [-0.25, -0.2) is 0 Å². The number of aliphatic hydroxyl groups is 1. The number of nitro groups is 1. The third-order valence-electron chi connectivity index (χ3n) is 4.08. The van der Waals surface area contributed by atoms with Crippen molar-refractivity contribution >= 4 is 17.3 Å². The molecule has 12 heteroatoms. The van der Waals surface area contributed by atoms with Gasteiger partial charge in [-0.1, -0.05) is 18.2 Å². The van der Waals surface area contributed by atoms with E-state index in [0.29, 0.717) is 12.1 Å². The van der Waals surface area contributed by atoms with Gasteiger partial charge in [-0.15, -0.1) is 0 Å². The van der Waals surface area contributed by atoms with Gasteiger partial charge in [-0.3, -0.25) is 14.9 Å². The number of carbonyl (C=O) groups is 1. The lowest BCUT2D eigenvalue weighted by Gasteiger charge is -2.15. The van der Waals surface area contributed by atoms with E-state index in [-0.39, 0.29) is 12.0 Å². The number of aliphatic hydroxyl groups excluding tert-OH is 1. The lowest BCUT2D eigenvalue weighted by molar-refractivity contribution is -0.388. The molecule has 0 bridgehead atoms. The normalized spacial score (nSPS) is 13.0. The first kappa shape index (κ1) is 23.1. The zero-order valence-electron chi connectivity index (χ0n) is 14.9. The van der Waals surface area contributed by atoms with E-state index in [1.165, 1.54) is 18.2 Å². The maximum atomic E-state index is 13.0. The summed E-state index contributed by atoms with van der Waals surface area (Å²) in [6.07, 6.45) is -12.3. The summed E-state index contributed by atoms with van der Waals surface area (Å²) in [7, 11) is 0. The van der Waals surface area contributed by atoms with Crippen LogP contribution in [0.1, 0.15) is 23.1 Å². The fourth-order valence-corrected chi connectivity index (χ4v) is 2.66. The van der Waals surface area contributed by atoms with Gasteiger partial charge in [0, 0.05) is 11.8 Å². The number of nitrogens with one attached hydrogen (secondary N) is 1. The average molecular weight is 436 g/mol. The van der Waals surface area contributed by atoms with Gasteiger partial charge in [-0.2, -0.15) is 26.3 Å². The van der Waals surface area contributed by atoms with Gasteiger partial charge in [0.2, 0.25) is 0 Å². The first-order chi connectivity index (χ1) is 13.8. The third kappa shape index (κ3) is 5.69. The summed E-state index contributed by atoms with van der Waals surface area (Å²) in [4.78, 5) is 21.5. The predicted molar refractivity (Wildman–Crippen MR) is 92.5 cm³/mol. The van der Waals surface area contributed by atoms with Crippen molar-refractivity contribution in [2.75, 3.05) is 5.32 Å². The maximum Gasteiger partial charge on any atom is 0.423 e. The molecule has 162 valence electrons. The number of hydrogen-bond donors (Lipinski definition) is 2. The minimum absolute atomic E-state index is 0.161. The second-order valence-corrected chi connectivity index (χ2v) is 6.19. The molecule has 0 aromatic heterocycles. The lowest BCUT2D eigenvalue weighted by Crippen LogP contribution is -2.28. The molecule has 0 heterocycles. The van der Waals surface area contributed by atoms with Crippen LogP contribution < -0.4 is 5.32 Å². The van der Waals surface area contributed by atoms with Crippen LogP contribution in [-0.4, -0.2) is 22.0 Å². The van der Waals surface area contributed by atoms with Gasteiger partial charge in [0.15, 0.2) is 0 Å². The second kappa shape index (κ2) is 8.69. The van der Waals surface area contributed by atoms with E-state index in [9.17, 15) is 46.4 Å². The Hall–Kier alpha value is -3.15. The fraction of sp³-hybridized carbons (Fsp3) is 0.278. The molecule has 0 radical (unpaired) electrons. The Morgan fingerprint density at radius 3 is 2.20 bits per heavy atom. The summed E-state index contributed by atoms with van der Waals surface area (Å²) in [6, 6.07) is 6.29. The SMILES string of the molecule is O=C(Nc1ccc([N+](=O)[O-])c(C(F)(F)F)c1)C(O)CCc1ccccc1C(F)(F)F. The van der Waals surface area contributed by atoms with Gasteiger partial charge in [0.05, 0.1) is 10.5 Å². The molecular formula is C18H14F6N2O4. The average Bonchev–Trinajstić information content (AvgIpc) is 2.64. The first-order valence-electron chi connectivity index (χ1n) is 8.30.